The largest absolute Gasteiger partial charge is 0.394 e. The number of nitrogens with two attached hydrogens (primary N) is 1. The second-order valence-corrected chi connectivity index (χ2v) is 3.84. The maximum Gasteiger partial charge on any atom is 0.141 e. The first-order valence-corrected chi connectivity index (χ1v) is 5.29. The molecule has 1 aromatic heterocycles. The average Bonchev–Trinajstić information content (AvgIpc) is 2.32. The number of aromatic nitrogens is 2. The van der Waals surface area contributed by atoms with E-state index >= 15 is 0 Å². The molecule has 16 heavy (non-hydrogen) atoms. The summed E-state index contributed by atoms with van der Waals surface area (Å²) in [5.74, 6) is 0.430. The monoisotopic (exact) mass is 224 g/mol. The molecule has 1 unspecified atom stereocenters. The van der Waals surface area contributed by atoms with Crippen molar-refractivity contribution in [3.63, 3.8) is 0 Å². The van der Waals surface area contributed by atoms with Crippen LogP contribution >= 0.6 is 0 Å². The van der Waals surface area contributed by atoms with Crippen LogP contribution in [0.25, 0.3) is 0 Å². The summed E-state index contributed by atoms with van der Waals surface area (Å²) in [5, 5.41) is 9.02. The van der Waals surface area contributed by atoms with Gasteiger partial charge in [-0.05, 0) is 0 Å². The SMILES string of the molecule is Nc1cnc(CN2CCOC(CO)C2)cn1. The van der Waals surface area contributed by atoms with E-state index in [2.05, 4.69) is 14.9 Å². The van der Waals surface area contributed by atoms with Crippen LogP contribution in [-0.2, 0) is 11.3 Å². The second kappa shape index (κ2) is 5.20. The predicted molar refractivity (Wildman–Crippen MR) is 58.5 cm³/mol. The minimum Gasteiger partial charge on any atom is -0.394 e. The van der Waals surface area contributed by atoms with E-state index in [1.54, 1.807) is 12.4 Å². The van der Waals surface area contributed by atoms with Crippen LogP contribution in [0, 0.1) is 0 Å². The number of ether oxygens (including phenoxy) is 1. The van der Waals surface area contributed by atoms with Crippen LogP contribution < -0.4 is 5.73 Å². The minimum absolute atomic E-state index is 0.0594. The van der Waals surface area contributed by atoms with E-state index in [-0.39, 0.29) is 12.7 Å². The lowest BCUT2D eigenvalue weighted by molar-refractivity contribution is -0.0554. The molecule has 0 amide bonds. The number of morpholine rings is 1. The molecule has 6 nitrogen and oxygen atoms in total. The molecule has 1 saturated heterocycles. The maximum atomic E-state index is 9.02. The van der Waals surface area contributed by atoms with Crippen LogP contribution in [0.15, 0.2) is 12.4 Å². The van der Waals surface area contributed by atoms with Crippen molar-refractivity contribution in [2.75, 3.05) is 32.0 Å². The number of nitrogen functional groups attached to an aromatic ring is 1. The van der Waals surface area contributed by atoms with Gasteiger partial charge in [0.2, 0.25) is 0 Å². The molecule has 0 bridgehead atoms. The van der Waals surface area contributed by atoms with E-state index in [0.29, 0.717) is 19.0 Å². The summed E-state index contributed by atoms with van der Waals surface area (Å²) in [5.41, 5.74) is 6.35. The van der Waals surface area contributed by atoms with Gasteiger partial charge in [0.1, 0.15) is 5.82 Å². The Morgan fingerprint density at radius 2 is 2.38 bits per heavy atom. The number of aliphatic hydroxyl groups excluding tert-OH is 1. The molecule has 1 aromatic rings. The third kappa shape index (κ3) is 2.88. The van der Waals surface area contributed by atoms with Gasteiger partial charge in [-0.1, -0.05) is 0 Å². The molecule has 88 valence electrons. The Balaban J connectivity index is 1.91. The highest BCUT2D eigenvalue weighted by atomic mass is 16.5. The van der Waals surface area contributed by atoms with Gasteiger partial charge in [-0.2, -0.15) is 0 Å². The fourth-order valence-corrected chi connectivity index (χ4v) is 1.71. The molecule has 0 radical (unpaired) electrons. The van der Waals surface area contributed by atoms with Crippen LogP contribution in [0.1, 0.15) is 5.69 Å². The van der Waals surface area contributed by atoms with Gasteiger partial charge in [0, 0.05) is 19.6 Å². The van der Waals surface area contributed by atoms with Gasteiger partial charge in [-0.3, -0.25) is 9.88 Å². The molecule has 0 spiro atoms. The molecular weight excluding hydrogens is 208 g/mol. The summed E-state index contributed by atoms with van der Waals surface area (Å²) in [4.78, 5) is 10.4. The third-order valence-electron chi connectivity index (χ3n) is 2.54. The minimum atomic E-state index is -0.0875. The Morgan fingerprint density at radius 1 is 1.50 bits per heavy atom. The Kier molecular flexibility index (Phi) is 3.66. The Bertz CT molecular complexity index is 330. The van der Waals surface area contributed by atoms with Gasteiger partial charge >= 0.3 is 0 Å². The predicted octanol–water partition coefficient (Wildman–Crippen LogP) is -0.748. The van der Waals surface area contributed by atoms with E-state index in [4.69, 9.17) is 15.6 Å². The summed E-state index contributed by atoms with van der Waals surface area (Å²) in [6.07, 6.45) is 3.15. The third-order valence-corrected chi connectivity index (χ3v) is 2.54. The number of hydrogen-bond donors (Lipinski definition) is 2. The summed E-state index contributed by atoms with van der Waals surface area (Å²) >= 11 is 0. The molecule has 0 aromatic carbocycles. The van der Waals surface area contributed by atoms with Crippen molar-refractivity contribution in [3.8, 4) is 0 Å². The number of hydrogen-bond acceptors (Lipinski definition) is 6. The van der Waals surface area contributed by atoms with E-state index < -0.39 is 0 Å². The number of anilines is 1. The van der Waals surface area contributed by atoms with Crippen LogP contribution in [0.2, 0.25) is 0 Å². The molecule has 2 rings (SSSR count). The second-order valence-electron chi connectivity index (χ2n) is 3.84. The molecule has 3 N–H and O–H groups in total. The first-order chi connectivity index (χ1) is 7.78. The zero-order chi connectivity index (χ0) is 11.4. The molecule has 1 aliphatic heterocycles. The van der Waals surface area contributed by atoms with E-state index in [1.807, 2.05) is 0 Å². The van der Waals surface area contributed by atoms with Crippen molar-refractivity contribution in [1.82, 2.24) is 14.9 Å². The quantitative estimate of drug-likeness (QED) is 0.703. The number of rotatable bonds is 3. The van der Waals surface area contributed by atoms with Crippen LogP contribution in [0.5, 0.6) is 0 Å². The first kappa shape index (κ1) is 11.3. The Hall–Kier alpha value is -1.24. The standard InChI is InChI=1S/C10H16N4O2/c11-10-4-12-8(3-13-10)5-14-1-2-16-9(6-14)7-15/h3-4,9,15H,1-2,5-7H2,(H2,11,13). The van der Waals surface area contributed by atoms with Gasteiger partial charge < -0.3 is 15.6 Å². The molecule has 1 fully saturated rings. The van der Waals surface area contributed by atoms with Gasteiger partial charge in [-0.15, -0.1) is 0 Å². The zero-order valence-corrected chi connectivity index (χ0v) is 9.04. The fourth-order valence-electron chi connectivity index (χ4n) is 1.71. The highest BCUT2D eigenvalue weighted by molar-refractivity contribution is 5.22. The molecule has 1 atom stereocenters. The summed E-state index contributed by atoms with van der Waals surface area (Å²) in [6.45, 7) is 3.00. The van der Waals surface area contributed by atoms with Crippen LogP contribution in [-0.4, -0.2) is 52.4 Å². The van der Waals surface area contributed by atoms with Crippen LogP contribution in [0.3, 0.4) is 0 Å². The molecule has 0 aliphatic carbocycles. The molecule has 2 heterocycles. The zero-order valence-electron chi connectivity index (χ0n) is 9.04. The van der Waals surface area contributed by atoms with E-state index in [9.17, 15) is 0 Å². The lowest BCUT2D eigenvalue weighted by atomic mass is 10.2. The summed E-state index contributed by atoms with van der Waals surface area (Å²) in [7, 11) is 0. The van der Waals surface area contributed by atoms with Crippen molar-refractivity contribution in [3.05, 3.63) is 18.1 Å². The molecule has 1 aliphatic rings. The van der Waals surface area contributed by atoms with Crippen molar-refractivity contribution in [2.24, 2.45) is 0 Å². The fraction of sp³-hybridized carbons (Fsp3) is 0.600. The smallest absolute Gasteiger partial charge is 0.141 e. The lowest BCUT2D eigenvalue weighted by Crippen LogP contribution is -2.43. The highest BCUT2D eigenvalue weighted by Crippen LogP contribution is 2.08. The van der Waals surface area contributed by atoms with Crippen molar-refractivity contribution < 1.29 is 9.84 Å². The number of nitrogens with zero attached hydrogens (tertiary/aromatic N) is 3. The molecule has 0 saturated carbocycles. The highest BCUT2D eigenvalue weighted by Gasteiger charge is 2.19. The molecule has 6 heteroatoms. The summed E-state index contributed by atoms with van der Waals surface area (Å²) < 4.78 is 5.37. The Labute approximate surface area is 94.1 Å². The van der Waals surface area contributed by atoms with E-state index in [1.165, 1.54) is 0 Å². The lowest BCUT2D eigenvalue weighted by Gasteiger charge is -2.31. The van der Waals surface area contributed by atoms with Crippen molar-refractivity contribution >= 4 is 5.82 Å². The topological polar surface area (TPSA) is 84.5 Å². The first-order valence-electron chi connectivity index (χ1n) is 5.29. The van der Waals surface area contributed by atoms with Gasteiger partial charge in [0.05, 0.1) is 37.4 Å². The van der Waals surface area contributed by atoms with Gasteiger partial charge in [0.25, 0.3) is 0 Å². The maximum absolute atomic E-state index is 9.02. The van der Waals surface area contributed by atoms with Crippen molar-refractivity contribution in [2.45, 2.75) is 12.6 Å². The van der Waals surface area contributed by atoms with Gasteiger partial charge in [-0.25, -0.2) is 4.98 Å². The number of aliphatic hydroxyl groups is 1. The van der Waals surface area contributed by atoms with Crippen LogP contribution in [0.4, 0.5) is 5.82 Å². The average molecular weight is 224 g/mol. The van der Waals surface area contributed by atoms with E-state index in [0.717, 1.165) is 18.8 Å². The van der Waals surface area contributed by atoms with Crippen molar-refractivity contribution in [1.29, 1.82) is 0 Å². The van der Waals surface area contributed by atoms with Gasteiger partial charge in [0.15, 0.2) is 0 Å². The normalized spacial score (nSPS) is 22.2. The Morgan fingerprint density at radius 3 is 3.06 bits per heavy atom. The molecular formula is C10H16N4O2. The summed E-state index contributed by atoms with van der Waals surface area (Å²) in [6, 6.07) is 0.